The summed E-state index contributed by atoms with van der Waals surface area (Å²) in [6.45, 7) is 0.728. The average Bonchev–Trinajstić information content (AvgIpc) is 2.81. The summed E-state index contributed by atoms with van der Waals surface area (Å²) in [6, 6.07) is 30.4. The quantitative estimate of drug-likeness (QED) is 0.369. The fraction of sp³-hybridized carbons (Fsp3) is 0.0833. The third-order valence-electron chi connectivity index (χ3n) is 4.68. The molecule has 0 aliphatic carbocycles. The summed E-state index contributed by atoms with van der Waals surface area (Å²) in [7, 11) is 0. The van der Waals surface area contributed by atoms with Crippen molar-refractivity contribution in [1.82, 2.24) is 9.97 Å². The van der Waals surface area contributed by atoms with Crippen LogP contribution in [0.15, 0.2) is 97.3 Å². The van der Waals surface area contributed by atoms with Crippen LogP contribution in [-0.2, 0) is 6.42 Å². The lowest BCUT2D eigenvalue weighted by Gasteiger charge is -2.26. The van der Waals surface area contributed by atoms with E-state index in [1.54, 1.807) is 0 Å². The van der Waals surface area contributed by atoms with Crippen molar-refractivity contribution in [3.63, 3.8) is 0 Å². The third kappa shape index (κ3) is 4.67. The molecular weight excluding hydrogens is 372 g/mol. The molecule has 0 saturated heterocycles. The van der Waals surface area contributed by atoms with Crippen molar-refractivity contribution in [3.8, 4) is 0 Å². The number of hydrogen-bond donors (Lipinski definition) is 3. The van der Waals surface area contributed by atoms with E-state index in [1.807, 2.05) is 83.9 Å². The summed E-state index contributed by atoms with van der Waals surface area (Å²) < 4.78 is 0. The van der Waals surface area contributed by atoms with Gasteiger partial charge in [0, 0.05) is 6.54 Å². The Morgan fingerprint density at radius 2 is 1.23 bits per heavy atom. The van der Waals surface area contributed by atoms with E-state index in [-0.39, 0.29) is 0 Å². The first-order valence-electron chi connectivity index (χ1n) is 9.86. The van der Waals surface area contributed by atoms with Crippen molar-refractivity contribution >= 4 is 28.7 Å². The monoisotopic (exact) mass is 396 g/mol. The highest BCUT2D eigenvalue weighted by Crippen LogP contribution is 2.29. The van der Waals surface area contributed by atoms with Crippen molar-refractivity contribution in [1.29, 1.82) is 0 Å². The summed E-state index contributed by atoms with van der Waals surface area (Å²) in [5.74, 6) is 1.16. The molecule has 0 fully saturated rings. The van der Waals surface area contributed by atoms with Gasteiger partial charge in [-0.1, -0.05) is 66.7 Å². The molecule has 0 aliphatic heterocycles. The molecule has 6 nitrogen and oxygen atoms in total. The number of benzene rings is 3. The van der Waals surface area contributed by atoms with E-state index >= 15 is 0 Å². The Bertz CT molecular complexity index is 1020. The van der Waals surface area contributed by atoms with Gasteiger partial charge in [0.1, 0.15) is 12.0 Å². The second-order valence-corrected chi connectivity index (χ2v) is 6.77. The maximum atomic E-state index is 6.39. The minimum atomic E-state index is 0.474. The van der Waals surface area contributed by atoms with Crippen LogP contribution in [0.5, 0.6) is 0 Å². The molecule has 0 unspecified atom stereocenters. The molecule has 0 radical (unpaired) electrons. The van der Waals surface area contributed by atoms with Gasteiger partial charge in [-0.3, -0.25) is 10.4 Å². The van der Waals surface area contributed by atoms with Crippen molar-refractivity contribution in [2.24, 2.45) is 0 Å². The van der Waals surface area contributed by atoms with E-state index in [0.717, 1.165) is 24.3 Å². The van der Waals surface area contributed by atoms with Crippen LogP contribution in [0.1, 0.15) is 5.56 Å². The normalized spacial score (nSPS) is 10.4. The molecule has 1 aromatic heterocycles. The van der Waals surface area contributed by atoms with E-state index in [4.69, 9.17) is 5.73 Å². The predicted octanol–water partition coefficient (Wildman–Crippen LogP) is 4.88. The Morgan fingerprint density at radius 3 is 1.83 bits per heavy atom. The van der Waals surface area contributed by atoms with Crippen molar-refractivity contribution in [3.05, 3.63) is 103 Å². The van der Waals surface area contributed by atoms with Gasteiger partial charge in [-0.15, -0.1) is 0 Å². The van der Waals surface area contributed by atoms with Gasteiger partial charge in [-0.05, 0) is 36.2 Å². The predicted molar refractivity (Wildman–Crippen MR) is 124 cm³/mol. The van der Waals surface area contributed by atoms with E-state index in [9.17, 15) is 0 Å². The number of hydrazine groups is 1. The van der Waals surface area contributed by atoms with Gasteiger partial charge in [-0.2, -0.15) is 0 Å². The molecule has 0 amide bonds. The Hall–Kier alpha value is -4.06. The highest BCUT2D eigenvalue weighted by molar-refractivity contribution is 5.77. The third-order valence-corrected chi connectivity index (χ3v) is 4.68. The van der Waals surface area contributed by atoms with Crippen molar-refractivity contribution in [2.75, 3.05) is 28.0 Å². The lowest BCUT2D eigenvalue weighted by molar-refractivity contribution is 0.998. The first-order chi connectivity index (χ1) is 14.8. The van der Waals surface area contributed by atoms with Crippen LogP contribution in [0.3, 0.4) is 0 Å². The van der Waals surface area contributed by atoms with E-state index in [0.29, 0.717) is 17.3 Å². The summed E-state index contributed by atoms with van der Waals surface area (Å²) >= 11 is 0. The molecule has 6 heteroatoms. The van der Waals surface area contributed by atoms with Crippen LogP contribution in [0, 0.1) is 0 Å². The summed E-state index contributed by atoms with van der Waals surface area (Å²) in [5, 5.41) is 5.27. The topological polar surface area (TPSA) is 79.1 Å². The zero-order valence-corrected chi connectivity index (χ0v) is 16.6. The van der Waals surface area contributed by atoms with Gasteiger partial charge < -0.3 is 11.1 Å². The van der Waals surface area contributed by atoms with Crippen LogP contribution in [0.4, 0.5) is 28.7 Å². The van der Waals surface area contributed by atoms with Gasteiger partial charge in [0.25, 0.3) is 0 Å². The number of para-hydroxylation sites is 2. The molecule has 150 valence electrons. The molecule has 1 heterocycles. The number of aromatic nitrogens is 2. The zero-order chi connectivity index (χ0) is 20.6. The maximum absolute atomic E-state index is 6.39. The molecule has 3 aromatic carbocycles. The van der Waals surface area contributed by atoms with Gasteiger partial charge in [0.2, 0.25) is 0 Å². The van der Waals surface area contributed by atoms with Gasteiger partial charge in [-0.25, -0.2) is 9.97 Å². The SMILES string of the molecule is Nc1c(NCCc2ccccc2)ncnc1NN(c1ccccc1)c1ccccc1. The summed E-state index contributed by atoms with van der Waals surface area (Å²) in [4.78, 5) is 8.68. The van der Waals surface area contributed by atoms with E-state index in [2.05, 4.69) is 32.8 Å². The number of nitrogens with one attached hydrogen (secondary N) is 2. The minimum absolute atomic E-state index is 0.474. The van der Waals surface area contributed by atoms with Crippen molar-refractivity contribution < 1.29 is 0 Å². The Labute approximate surface area is 176 Å². The van der Waals surface area contributed by atoms with Gasteiger partial charge in [0.15, 0.2) is 11.6 Å². The summed E-state index contributed by atoms with van der Waals surface area (Å²) in [6.07, 6.45) is 2.39. The molecule has 0 aliphatic rings. The number of nitrogens with zero attached hydrogens (tertiary/aromatic N) is 3. The van der Waals surface area contributed by atoms with E-state index < -0.39 is 0 Å². The maximum Gasteiger partial charge on any atom is 0.173 e. The average molecular weight is 396 g/mol. The number of nitrogens with two attached hydrogens (primary N) is 1. The van der Waals surface area contributed by atoms with Crippen LogP contribution in [0.2, 0.25) is 0 Å². The molecule has 0 spiro atoms. The molecular formula is C24H24N6. The number of hydrogen-bond acceptors (Lipinski definition) is 6. The van der Waals surface area contributed by atoms with Crippen molar-refractivity contribution in [2.45, 2.75) is 6.42 Å². The standard InChI is InChI=1S/C24H24N6/c25-22-23(26-17-16-19-10-4-1-5-11-19)27-18-28-24(22)29-30(20-12-6-2-7-13-20)21-14-8-3-9-15-21/h1-15,18H,16-17,25H2,(H2,26,27,28,29). The molecule has 4 aromatic rings. The lowest BCUT2D eigenvalue weighted by atomic mass is 10.1. The highest BCUT2D eigenvalue weighted by atomic mass is 15.5. The van der Waals surface area contributed by atoms with Crippen LogP contribution in [-0.4, -0.2) is 16.5 Å². The lowest BCUT2D eigenvalue weighted by Crippen LogP contribution is -2.26. The van der Waals surface area contributed by atoms with Crippen LogP contribution >= 0.6 is 0 Å². The largest absolute Gasteiger partial charge is 0.393 e. The first-order valence-corrected chi connectivity index (χ1v) is 9.86. The Morgan fingerprint density at radius 1 is 0.700 bits per heavy atom. The Balaban J connectivity index is 1.53. The minimum Gasteiger partial charge on any atom is -0.393 e. The van der Waals surface area contributed by atoms with Crippen LogP contribution < -0.4 is 21.5 Å². The first kappa shape index (κ1) is 19.3. The smallest absolute Gasteiger partial charge is 0.173 e. The second-order valence-electron chi connectivity index (χ2n) is 6.77. The van der Waals surface area contributed by atoms with Gasteiger partial charge in [0.05, 0.1) is 11.4 Å². The second kappa shape index (κ2) is 9.43. The summed E-state index contributed by atoms with van der Waals surface area (Å²) in [5.41, 5.74) is 13.4. The molecule has 4 N–H and O–H groups in total. The highest BCUT2D eigenvalue weighted by Gasteiger charge is 2.14. The number of anilines is 5. The van der Waals surface area contributed by atoms with Crippen LogP contribution in [0.25, 0.3) is 0 Å². The zero-order valence-electron chi connectivity index (χ0n) is 16.6. The Kier molecular flexibility index (Phi) is 6.05. The molecule has 30 heavy (non-hydrogen) atoms. The molecule has 4 rings (SSSR count). The molecule has 0 bridgehead atoms. The molecule has 0 atom stereocenters. The van der Waals surface area contributed by atoms with Gasteiger partial charge >= 0.3 is 0 Å². The fourth-order valence-electron chi connectivity index (χ4n) is 3.13. The molecule has 0 saturated carbocycles. The number of rotatable bonds is 8. The fourth-order valence-corrected chi connectivity index (χ4v) is 3.13. The van der Waals surface area contributed by atoms with E-state index in [1.165, 1.54) is 11.9 Å². The number of nitrogen functional groups attached to an aromatic ring is 1.